The molecule has 1 aromatic heterocycles. The molecule has 4 nitrogen and oxygen atoms in total. The lowest BCUT2D eigenvalue weighted by atomic mass is 10.2. The molecule has 0 bridgehead atoms. The van der Waals surface area contributed by atoms with Gasteiger partial charge in [0.15, 0.2) is 0 Å². The van der Waals surface area contributed by atoms with Gasteiger partial charge in [-0.25, -0.2) is 0 Å². The van der Waals surface area contributed by atoms with Crippen molar-refractivity contribution in [2.45, 2.75) is 6.54 Å². The van der Waals surface area contributed by atoms with Crippen LogP contribution in [0.1, 0.15) is 16.1 Å². The van der Waals surface area contributed by atoms with E-state index in [1.807, 2.05) is 54.6 Å². The second kappa shape index (κ2) is 7.42. The fraction of sp³-hybridized carbons (Fsp3) is 0.100. The topological polar surface area (TPSA) is 45.2 Å². The van der Waals surface area contributed by atoms with Crippen molar-refractivity contribution in [1.29, 1.82) is 0 Å². The summed E-state index contributed by atoms with van der Waals surface area (Å²) in [5.41, 5.74) is 3.31. The fourth-order valence-corrected chi connectivity index (χ4v) is 2.40. The maximum Gasteiger partial charge on any atom is 0.276 e. The van der Waals surface area contributed by atoms with Crippen LogP contribution in [-0.4, -0.2) is 17.9 Å². The van der Waals surface area contributed by atoms with Crippen molar-refractivity contribution in [3.63, 3.8) is 0 Å². The number of anilines is 2. The summed E-state index contributed by atoms with van der Waals surface area (Å²) in [6.07, 6.45) is 1.65. The first-order valence-corrected chi connectivity index (χ1v) is 7.81. The van der Waals surface area contributed by atoms with Gasteiger partial charge in [-0.05, 0) is 29.8 Å². The van der Waals surface area contributed by atoms with E-state index in [4.69, 9.17) is 0 Å². The maximum atomic E-state index is 12.6. The molecule has 0 aliphatic heterocycles. The van der Waals surface area contributed by atoms with E-state index in [2.05, 4.69) is 22.4 Å². The number of rotatable bonds is 5. The summed E-state index contributed by atoms with van der Waals surface area (Å²) in [5.74, 6) is -0.135. The summed E-state index contributed by atoms with van der Waals surface area (Å²) in [4.78, 5) is 18.4. The van der Waals surface area contributed by atoms with Gasteiger partial charge in [-0.15, -0.1) is 0 Å². The number of para-hydroxylation sites is 1. The number of nitrogens with one attached hydrogen (secondary N) is 1. The number of amides is 1. The first-order chi connectivity index (χ1) is 11.7. The minimum atomic E-state index is -0.135. The van der Waals surface area contributed by atoms with Gasteiger partial charge in [-0.3, -0.25) is 9.78 Å². The standard InChI is InChI=1S/C20H19N3O/c1-23(18-10-6-3-7-11-18)20(24)19-14-17(12-13-21-19)22-15-16-8-4-2-5-9-16/h2-14H,15H2,1H3,(H,21,22). The molecule has 0 aliphatic rings. The number of aromatic nitrogens is 1. The fourth-order valence-electron chi connectivity index (χ4n) is 2.40. The maximum absolute atomic E-state index is 12.6. The van der Waals surface area contributed by atoms with Crippen LogP contribution >= 0.6 is 0 Å². The number of benzene rings is 2. The van der Waals surface area contributed by atoms with Crippen molar-refractivity contribution in [2.75, 3.05) is 17.3 Å². The third-order valence-corrected chi connectivity index (χ3v) is 3.77. The van der Waals surface area contributed by atoms with Gasteiger partial charge in [0.2, 0.25) is 0 Å². The van der Waals surface area contributed by atoms with Crippen LogP contribution in [0.3, 0.4) is 0 Å². The van der Waals surface area contributed by atoms with Crippen molar-refractivity contribution in [3.8, 4) is 0 Å². The second-order valence-electron chi connectivity index (χ2n) is 5.47. The van der Waals surface area contributed by atoms with Gasteiger partial charge in [-0.2, -0.15) is 0 Å². The monoisotopic (exact) mass is 317 g/mol. The molecule has 120 valence electrons. The highest BCUT2D eigenvalue weighted by atomic mass is 16.2. The highest BCUT2D eigenvalue weighted by Gasteiger charge is 2.14. The molecule has 1 heterocycles. The highest BCUT2D eigenvalue weighted by Crippen LogP contribution is 2.16. The van der Waals surface area contributed by atoms with E-state index in [1.54, 1.807) is 24.2 Å². The third-order valence-electron chi connectivity index (χ3n) is 3.77. The van der Waals surface area contributed by atoms with E-state index in [1.165, 1.54) is 5.56 Å². The van der Waals surface area contributed by atoms with Crippen LogP contribution in [0.5, 0.6) is 0 Å². The van der Waals surface area contributed by atoms with Gasteiger partial charge < -0.3 is 10.2 Å². The molecule has 0 saturated heterocycles. The summed E-state index contributed by atoms with van der Waals surface area (Å²) >= 11 is 0. The van der Waals surface area contributed by atoms with E-state index in [-0.39, 0.29) is 5.91 Å². The van der Waals surface area contributed by atoms with E-state index in [0.29, 0.717) is 12.2 Å². The Morgan fingerprint density at radius 2 is 1.67 bits per heavy atom. The molecule has 1 N–H and O–H groups in total. The lowest BCUT2D eigenvalue weighted by Crippen LogP contribution is -2.27. The molecule has 0 fully saturated rings. The molecule has 24 heavy (non-hydrogen) atoms. The van der Waals surface area contributed by atoms with Crippen LogP contribution < -0.4 is 10.2 Å². The van der Waals surface area contributed by atoms with Crippen LogP contribution in [0, 0.1) is 0 Å². The van der Waals surface area contributed by atoms with E-state index in [0.717, 1.165) is 11.4 Å². The molecular weight excluding hydrogens is 298 g/mol. The molecule has 0 spiro atoms. The normalized spacial score (nSPS) is 10.2. The first-order valence-electron chi connectivity index (χ1n) is 7.81. The lowest BCUT2D eigenvalue weighted by molar-refractivity contribution is 0.0988. The van der Waals surface area contributed by atoms with Crippen molar-refractivity contribution >= 4 is 17.3 Å². The SMILES string of the molecule is CN(C(=O)c1cc(NCc2ccccc2)ccn1)c1ccccc1. The van der Waals surface area contributed by atoms with Crippen LogP contribution in [0.2, 0.25) is 0 Å². The van der Waals surface area contributed by atoms with Crippen LogP contribution in [0.15, 0.2) is 79.0 Å². The van der Waals surface area contributed by atoms with Gasteiger partial charge in [0.05, 0.1) is 0 Å². The molecule has 3 aromatic rings. The predicted molar refractivity (Wildman–Crippen MR) is 97.2 cm³/mol. The first kappa shape index (κ1) is 15.7. The summed E-state index contributed by atoms with van der Waals surface area (Å²) < 4.78 is 0. The average Bonchev–Trinajstić information content (AvgIpc) is 2.67. The van der Waals surface area contributed by atoms with E-state index < -0.39 is 0 Å². The summed E-state index contributed by atoms with van der Waals surface area (Å²) in [5, 5.41) is 3.32. The molecule has 0 aliphatic carbocycles. The number of carbonyl (C=O) groups excluding carboxylic acids is 1. The second-order valence-corrected chi connectivity index (χ2v) is 5.47. The van der Waals surface area contributed by atoms with Gasteiger partial charge in [0.25, 0.3) is 5.91 Å². The van der Waals surface area contributed by atoms with Crippen molar-refractivity contribution < 1.29 is 4.79 Å². The van der Waals surface area contributed by atoms with E-state index in [9.17, 15) is 4.79 Å². The zero-order valence-electron chi connectivity index (χ0n) is 13.5. The van der Waals surface area contributed by atoms with Gasteiger partial charge >= 0.3 is 0 Å². The Bertz CT molecular complexity index is 803. The molecule has 0 unspecified atom stereocenters. The number of pyridine rings is 1. The molecule has 0 atom stereocenters. The molecule has 3 rings (SSSR count). The molecule has 4 heteroatoms. The Labute approximate surface area is 141 Å². The molecule has 2 aromatic carbocycles. The highest BCUT2D eigenvalue weighted by molar-refractivity contribution is 6.04. The average molecular weight is 317 g/mol. The van der Waals surface area contributed by atoms with Gasteiger partial charge in [0, 0.05) is 31.2 Å². The van der Waals surface area contributed by atoms with Crippen molar-refractivity contribution in [3.05, 3.63) is 90.3 Å². The van der Waals surface area contributed by atoms with Crippen LogP contribution in [0.4, 0.5) is 11.4 Å². The quantitative estimate of drug-likeness (QED) is 0.774. The van der Waals surface area contributed by atoms with E-state index >= 15 is 0 Å². The summed E-state index contributed by atoms with van der Waals surface area (Å²) in [7, 11) is 1.75. The Morgan fingerprint density at radius 1 is 1.00 bits per heavy atom. The minimum Gasteiger partial charge on any atom is -0.381 e. The third kappa shape index (κ3) is 3.79. The van der Waals surface area contributed by atoms with Crippen LogP contribution in [-0.2, 0) is 6.54 Å². The molecule has 0 radical (unpaired) electrons. The Balaban J connectivity index is 1.71. The van der Waals surface area contributed by atoms with Gasteiger partial charge in [-0.1, -0.05) is 48.5 Å². The smallest absolute Gasteiger partial charge is 0.276 e. The number of hydrogen-bond acceptors (Lipinski definition) is 3. The van der Waals surface area contributed by atoms with Crippen molar-refractivity contribution in [2.24, 2.45) is 0 Å². The molecule has 1 amide bonds. The largest absolute Gasteiger partial charge is 0.381 e. The zero-order valence-corrected chi connectivity index (χ0v) is 13.5. The number of carbonyl (C=O) groups is 1. The molecule has 0 saturated carbocycles. The lowest BCUT2D eigenvalue weighted by Gasteiger charge is -2.17. The Morgan fingerprint density at radius 3 is 2.38 bits per heavy atom. The predicted octanol–water partition coefficient (Wildman–Crippen LogP) is 3.97. The number of hydrogen-bond donors (Lipinski definition) is 1. The number of nitrogens with zero attached hydrogens (tertiary/aromatic N) is 2. The molecular formula is C20H19N3O. The van der Waals surface area contributed by atoms with Crippen molar-refractivity contribution in [1.82, 2.24) is 4.98 Å². The van der Waals surface area contributed by atoms with Gasteiger partial charge in [0.1, 0.15) is 5.69 Å². The Kier molecular flexibility index (Phi) is 4.87. The minimum absolute atomic E-state index is 0.135. The Hall–Kier alpha value is -3.14. The summed E-state index contributed by atoms with van der Waals surface area (Å²) in [6.45, 7) is 0.701. The zero-order chi connectivity index (χ0) is 16.8. The summed E-state index contributed by atoms with van der Waals surface area (Å²) in [6, 6.07) is 23.3. The van der Waals surface area contributed by atoms with Crippen LogP contribution in [0.25, 0.3) is 0 Å².